The molecule has 2 aromatic heterocycles. The first-order valence-corrected chi connectivity index (χ1v) is 12.7. The second-order valence-corrected chi connectivity index (χ2v) is 10.2. The van der Waals surface area contributed by atoms with Gasteiger partial charge in [0.25, 0.3) is 0 Å². The molecular weight excluding hydrogens is 497 g/mol. The smallest absolute Gasteiger partial charge is 0.419 e. The zero-order chi connectivity index (χ0) is 27.1. The Morgan fingerprint density at radius 2 is 1.87 bits per heavy atom. The molecule has 0 unspecified atom stereocenters. The number of likely N-dealkylation sites (tertiary alicyclic amines) is 2. The summed E-state index contributed by atoms with van der Waals surface area (Å²) in [5.74, 6) is 0.00320. The average Bonchev–Trinajstić information content (AvgIpc) is 3.41. The van der Waals surface area contributed by atoms with Crippen LogP contribution in [-0.2, 0) is 18.0 Å². The lowest BCUT2D eigenvalue weighted by Crippen LogP contribution is -2.44. The molecule has 2 aliphatic rings. The van der Waals surface area contributed by atoms with Crippen molar-refractivity contribution in [2.45, 2.75) is 31.9 Å². The molecule has 0 aliphatic carbocycles. The molecule has 3 aromatic rings. The van der Waals surface area contributed by atoms with Gasteiger partial charge in [-0.1, -0.05) is 0 Å². The molecule has 0 radical (unpaired) electrons. The maximum atomic E-state index is 14.0. The summed E-state index contributed by atoms with van der Waals surface area (Å²) in [5.41, 5.74) is 0.441. The van der Waals surface area contributed by atoms with E-state index in [2.05, 4.69) is 14.9 Å². The molecular formula is C27H29F3N6O2. The summed E-state index contributed by atoms with van der Waals surface area (Å²) in [7, 11) is 3.59. The topological polar surface area (TPSA) is 87.3 Å². The fraction of sp³-hybridized carbons (Fsp3) is 0.481. The van der Waals surface area contributed by atoms with E-state index in [9.17, 15) is 23.2 Å². The Morgan fingerprint density at radius 3 is 2.53 bits per heavy atom. The maximum absolute atomic E-state index is 14.0. The van der Waals surface area contributed by atoms with Gasteiger partial charge < -0.3 is 19.1 Å². The third-order valence-electron chi connectivity index (χ3n) is 7.81. The zero-order valence-electron chi connectivity index (χ0n) is 21.4. The number of imidazole rings is 1. The van der Waals surface area contributed by atoms with Crippen LogP contribution in [0.4, 0.5) is 13.2 Å². The molecule has 0 saturated carbocycles. The Kier molecular flexibility index (Phi) is 6.77. The van der Waals surface area contributed by atoms with Crippen molar-refractivity contribution in [2.24, 2.45) is 12.5 Å². The minimum atomic E-state index is -4.62. The number of rotatable bonds is 6. The van der Waals surface area contributed by atoms with Crippen LogP contribution in [0.15, 0.2) is 30.6 Å². The fourth-order valence-electron chi connectivity index (χ4n) is 5.52. The highest BCUT2D eigenvalue weighted by molar-refractivity contribution is 5.85. The summed E-state index contributed by atoms with van der Waals surface area (Å²) in [5, 5.41) is 9.45. The Morgan fingerprint density at radius 1 is 1.13 bits per heavy atom. The van der Waals surface area contributed by atoms with Gasteiger partial charge >= 0.3 is 6.18 Å². The van der Waals surface area contributed by atoms with Gasteiger partial charge in [-0.3, -0.25) is 4.79 Å². The molecule has 2 saturated heterocycles. The van der Waals surface area contributed by atoms with Crippen LogP contribution in [0.3, 0.4) is 0 Å². The maximum Gasteiger partial charge on any atom is 0.419 e. The lowest BCUT2D eigenvalue weighted by molar-refractivity contribution is -0.139. The summed E-state index contributed by atoms with van der Waals surface area (Å²) in [4.78, 5) is 25.0. The quantitative estimate of drug-likeness (QED) is 0.447. The largest absolute Gasteiger partial charge is 0.493 e. The van der Waals surface area contributed by atoms with Crippen molar-refractivity contribution in [1.82, 2.24) is 24.3 Å². The van der Waals surface area contributed by atoms with E-state index in [0.717, 1.165) is 45.0 Å². The normalized spacial score (nSPS) is 17.9. The number of pyridine rings is 1. The van der Waals surface area contributed by atoms with Crippen molar-refractivity contribution < 1.29 is 22.7 Å². The van der Waals surface area contributed by atoms with Crippen LogP contribution in [0, 0.1) is 16.7 Å². The van der Waals surface area contributed by atoms with Crippen LogP contribution in [0.2, 0.25) is 0 Å². The molecule has 2 aliphatic heterocycles. The van der Waals surface area contributed by atoms with E-state index in [1.807, 2.05) is 18.0 Å². The minimum absolute atomic E-state index is 0.0555. The number of piperidine rings is 1. The van der Waals surface area contributed by atoms with Crippen molar-refractivity contribution in [1.29, 1.82) is 5.26 Å². The number of hydrogen-bond donors (Lipinski definition) is 0. The number of halogens is 3. The number of ether oxygens (including phenoxy) is 1. The highest BCUT2D eigenvalue weighted by Crippen LogP contribution is 2.41. The van der Waals surface area contributed by atoms with E-state index >= 15 is 0 Å². The molecule has 0 N–H and O–H groups in total. The third-order valence-corrected chi connectivity index (χ3v) is 7.81. The highest BCUT2D eigenvalue weighted by atomic mass is 19.4. The van der Waals surface area contributed by atoms with Crippen molar-refractivity contribution in [3.05, 3.63) is 41.9 Å². The first-order chi connectivity index (χ1) is 18.1. The number of benzene rings is 1. The molecule has 11 heteroatoms. The van der Waals surface area contributed by atoms with Crippen LogP contribution >= 0.6 is 0 Å². The van der Waals surface area contributed by atoms with E-state index in [0.29, 0.717) is 24.0 Å². The molecule has 8 nitrogen and oxygen atoms in total. The van der Waals surface area contributed by atoms with E-state index in [-0.39, 0.29) is 40.6 Å². The standard InChI is InChI=1S/C27H29F3N6O2/c1-34-10-6-26(25(34)37)7-11-36(12-8-26)9-3-13-38-23-5-4-18(14-19(23)27(28,29)30)20-15-22-24(21(16-31)33-20)32-17-35(22)2/h4-5,14-15,17H,3,6-13H2,1-2H3. The van der Waals surface area contributed by atoms with Crippen LogP contribution in [0.1, 0.15) is 36.9 Å². The number of aromatic nitrogens is 3. The van der Waals surface area contributed by atoms with Gasteiger partial charge in [-0.05, 0) is 63.0 Å². The number of hydrogen-bond acceptors (Lipinski definition) is 6. The average molecular weight is 527 g/mol. The molecule has 1 amide bonds. The van der Waals surface area contributed by atoms with Crippen LogP contribution in [0.5, 0.6) is 5.75 Å². The van der Waals surface area contributed by atoms with Crippen molar-refractivity contribution in [2.75, 3.05) is 39.8 Å². The number of nitrogens with zero attached hydrogens (tertiary/aromatic N) is 6. The number of fused-ring (bicyclic) bond motifs is 1. The van der Waals surface area contributed by atoms with Gasteiger partial charge in [-0.2, -0.15) is 18.4 Å². The molecule has 2 fully saturated rings. The van der Waals surface area contributed by atoms with E-state index in [1.54, 1.807) is 17.7 Å². The number of aryl methyl sites for hydroxylation is 1. The summed E-state index contributed by atoms with van der Waals surface area (Å²) < 4.78 is 49.2. The van der Waals surface area contributed by atoms with Gasteiger partial charge in [0.05, 0.1) is 35.1 Å². The lowest BCUT2D eigenvalue weighted by atomic mass is 9.77. The lowest BCUT2D eigenvalue weighted by Gasteiger charge is -2.37. The van der Waals surface area contributed by atoms with Crippen molar-refractivity contribution in [3.63, 3.8) is 0 Å². The van der Waals surface area contributed by atoms with Gasteiger partial charge in [0.2, 0.25) is 5.91 Å². The second-order valence-electron chi connectivity index (χ2n) is 10.2. The van der Waals surface area contributed by atoms with Gasteiger partial charge in [0, 0.05) is 32.7 Å². The summed E-state index contributed by atoms with van der Waals surface area (Å²) in [6.07, 6.45) is 0.0285. The Labute approximate surface area is 218 Å². The fourth-order valence-corrected chi connectivity index (χ4v) is 5.52. The number of carbonyl (C=O) groups excluding carboxylic acids is 1. The van der Waals surface area contributed by atoms with Crippen LogP contribution < -0.4 is 4.74 Å². The second kappa shape index (κ2) is 9.91. The third kappa shape index (κ3) is 4.80. The number of alkyl halides is 3. The number of nitriles is 1. The van der Waals surface area contributed by atoms with E-state index < -0.39 is 11.7 Å². The Bertz CT molecular complexity index is 1400. The van der Waals surface area contributed by atoms with Gasteiger partial charge in [0.15, 0.2) is 5.69 Å². The SMILES string of the molecule is CN1CCC2(CCN(CCCOc3ccc(-c4cc5c(ncn5C)c(C#N)n4)cc3C(F)(F)F)CC2)C1=O. The van der Waals surface area contributed by atoms with E-state index in [1.165, 1.54) is 18.5 Å². The molecule has 1 aromatic carbocycles. The molecule has 38 heavy (non-hydrogen) atoms. The molecule has 1 spiro atoms. The highest BCUT2D eigenvalue weighted by Gasteiger charge is 2.46. The van der Waals surface area contributed by atoms with Gasteiger partial charge in [-0.25, -0.2) is 9.97 Å². The molecule has 4 heterocycles. The van der Waals surface area contributed by atoms with E-state index in [4.69, 9.17) is 4.74 Å². The Hall–Kier alpha value is -3.65. The first-order valence-electron chi connectivity index (χ1n) is 12.7. The summed E-state index contributed by atoms with van der Waals surface area (Å²) in [6, 6.07) is 7.45. The molecule has 200 valence electrons. The first kappa shape index (κ1) is 26.0. The summed E-state index contributed by atoms with van der Waals surface area (Å²) in [6.45, 7) is 3.26. The van der Waals surface area contributed by atoms with Crippen LogP contribution in [0.25, 0.3) is 22.3 Å². The summed E-state index contributed by atoms with van der Waals surface area (Å²) >= 11 is 0. The predicted molar refractivity (Wildman–Crippen MR) is 134 cm³/mol. The molecule has 0 bridgehead atoms. The van der Waals surface area contributed by atoms with Crippen LogP contribution in [-0.4, -0.2) is 70.1 Å². The molecule has 5 rings (SSSR count). The zero-order valence-corrected chi connectivity index (χ0v) is 21.4. The monoisotopic (exact) mass is 526 g/mol. The van der Waals surface area contributed by atoms with Gasteiger partial charge in [-0.15, -0.1) is 0 Å². The van der Waals surface area contributed by atoms with Crippen molar-refractivity contribution in [3.8, 4) is 23.1 Å². The molecule has 0 atom stereocenters. The van der Waals surface area contributed by atoms with Gasteiger partial charge in [0.1, 0.15) is 17.3 Å². The predicted octanol–water partition coefficient (Wildman–Crippen LogP) is 4.24. The minimum Gasteiger partial charge on any atom is -0.493 e. The Balaban J connectivity index is 1.25. The number of amides is 1. The number of carbonyl (C=O) groups is 1. The van der Waals surface area contributed by atoms with Crippen molar-refractivity contribution >= 4 is 16.9 Å².